The van der Waals surface area contributed by atoms with Gasteiger partial charge in [0, 0.05) is 27.8 Å². The molecule has 3 aromatic rings. The average molecular weight is 278 g/mol. The monoisotopic (exact) mass is 278 g/mol. The van der Waals surface area contributed by atoms with Gasteiger partial charge in [-0.2, -0.15) is 0 Å². The smallest absolute Gasteiger partial charge is 0.255 e. The first-order valence-corrected chi connectivity index (χ1v) is 7.01. The van der Waals surface area contributed by atoms with Crippen molar-refractivity contribution < 1.29 is 4.79 Å². The second-order valence-corrected chi connectivity index (χ2v) is 5.46. The minimum Gasteiger partial charge on any atom is -0.358 e. The lowest BCUT2D eigenvalue weighted by Gasteiger charge is -2.06. The molecule has 0 unspecified atom stereocenters. The van der Waals surface area contributed by atoms with Gasteiger partial charge in [0.25, 0.3) is 5.91 Å². The molecule has 0 spiro atoms. The van der Waals surface area contributed by atoms with Gasteiger partial charge < -0.3 is 10.3 Å². The van der Waals surface area contributed by atoms with Crippen molar-refractivity contribution in [2.75, 3.05) is 5.32 Å². The van der Waals surface area contributed by atoms with Gasteiger partial charge >= 0.3 is 0 Å². The third-order valence-corrected chi connectivity index (χ3v) is 3.85. The zero-order valence-electron chi connectivity index (χ0n) is 12.4. The molecule has 0 fully saturated rings. The van der Waals surface area contributed by atoms with Crippen LogP contribution in [0.5, 0.6) is 0 Å². The number of carbonyl (C=O) groups is 1. The molecule has 0 aliphatic rings. The number of aromatic nitrogens is 1. The van der Waals surface area contributed by atoms with Gasteiger partial charge in [0.1, 0.15) is 0 Å². The van der Waals surface area contributed by atoms with Gasteiger partial charge in [-0.25, -0.2) is 0 Å². The fraction of sp³-hybridized carbons (Fsp3) is 0.167. The van der Waals surface area contributed by atoms with Crippen molar-refractivity contribution in [3.8, 4) is 0 Å². The quantitative estimate of drug-likeness (QED) is 0.719. The normalized spacial score (nSPS) is 10.8. The van der Waals surface area contributed by atoms with Crippen LogP contribution in [0.3, 0.4) is 0 Å². The number of aryl methyl sites for hydroxylation is 3. The lowest BCUT2D eigenvalue weighted by molar-refractivity contribution is 0.102. The van der Waals surface area contributed by atoms with E-state index >= 15 is 0 Å². The molecule has 0 atom stereocenters. The van der Waals surface area contributed by atoms with E-state index in [2.05, 4.69) is 17.2 Å². The van der Waals surface area contributed by atoms with Crippen molar-refractivity contribution in [3.63, 3.8) is 0 Å². The minimum absolute atomic E-state index is 0.0826. The van der Waals surface area contributed by atoms with Crippen LogP contribution in [0.25, 0.3) is 10.9 Å². The lowest BCUT2D eigenvalue weighted by atomic mass is 10.1. The van der Waals surface area contributed by atoms with Gasteiger partial charge in [-0.15, -0.1) is 0 Å². The molecule has 21 heavy (non-hydrogen) atoms. The SMILES string of the molecule is Cc1cccc(NC(=O)c2ccc3[nH]c(C)c(C)c3c2)c1. The summed E-state index contributed by atoms with van der Waals surface area (Å²) in [6, 6.07) is 13.6. The minimum atomic E-state index is -0.0826. The molecule has 0 saturated carbocycles. The summed E-state index contributed by atoms with van der Waals surface area (Å²) in [5.74, 6) is -0.0826. The zero-order valence-corrected chi connectivity index (χ0v) is 12.4. The maximum Gasteiger partial charge on any atom is 0.255 e. The fourth-order valence-corrected chi connectivity index (χ4v) is 2.53. The van der Waals surface area contributed by atoms with E-state index in [0.717, 1.165) is 27.8 Å². The Bertz CT molecular complexity index is 830. The summed E-state index contributed by atoms with van der Waals surface area (Å²) >= 11 is 0. The predicted octanol–water partition coefficient (Wildman–Crippen LogP) is 4.35. The highest BCUT2D eigenvalue weighted by Gasteiger charge is 2.10. The Balaban J connectivity index is 1.92. The summed E-state index contributed by atoms with van der Waals surface area (Å²) < 4.78 is 0. The third-order valence-electron chi connectivity index (χ3n) is 3.85. The number of amides is 1. The van der Waals surface area contributed by atoms with Crippen LogP contribution >= 0.6 is 0 Å². The number of hydrogen-bond donors (Lipinski definition) is 2. The molecular formula is C18H18N2O. The van der Waals surface area contributed by atoms with Gasteiger partial charge in [0.15, 0.2) is 0 Å². The molecule has 1 heterocycles. The number of aromatic amines is 1. The molecule has 0 bridgehead atoms. The van der Waals surface area contributed by atoms with Crippen LogP contribution in [-0.4, -0.2) is 10.9 Å². The average Bonchev–Trinajstić information content (AvgIpc) is 2.74. The van der Waals surface area contributed by atoms with Crippen LogP contribution in [0.4, 0.5) is 5.69 Å². The second kappa shape index (κ2) is 5.09. The Labute approximate surface area is 124 Å². The molecule has 2 aromatic carbocycles. The van der Waals surface area contributed by atoms with E-state index in [0.29, 0.717) is 5.56 Å². The molecule has 0 radical (unpaired) electrons. The zero-order chi connectivity index (χ0) is 15.0. The summed E-state index contributed by atoms with van der Waals surface area (Å²) in [6.07, 6.45) is 0. The highest BCUT2D eigenvalue weighted by molar-refractivity contribution is 6.06. The predicted molar refractivity (Wildman–Crippen MR) is 86.9 cm³/mol. The molecule has 0 saturated heterocycles. The first-order valence-electron chi connectivity index (χ1n) is 7.01. The Hall–Kier alpha value is -2.55. The number of anilines is 1. The van der Waals surface area contributed by atoms with Crippen LogP contribution in [0.15, 0.2) is 42.5 Å². The van der Waals surface area contributed by atoms with Gasteiger partial charge in [0.05, 0.1) is 0 Å². The van der Waals surface area contributed by atoms with E-state index in [1.54, 1.807) is 0 Å². The maximum absolute atomic E-state index is 12.4. The Morgan fingerprint density at radius 2 is 1.86 bits per heavy atom. The van der Waals surface area contributed by atoms with Crippen LogP contribution in [0.1, 0.15) is 27.2 Å². The number of benzene rings is 2. The maximum atomic E-state index is 12.4. The molecule has 3 nitrogen and oxygen atoms in total. The Kier molecular flexibility index (Phi) is 3.26. The van der Waals surface area contributed by atoms with Crippen LogP contribution < -0.4 is 5.32 Å². The number of rotatable bonds is 2. The second-order valence-electron chi connectivity index (χ2n) is 5.46. The summed E-state index contributed by atoms with van der Waals surface area (Å²) in [5, 5.41) is 4.04. The highest BCUT2D eigenvalue weighted by atomic mass is 16.1. The summed E-state index contributed by atoms with van der Waals surface area (Å²) in [7, 11) is 0. The number of hydrogen-bond acceptors (Lipinski definition) is 1. The molecule has 1 amide bonds. The van der Waals surface area contributed by atoms with Crippen LogP contribution in [0, 0.1) is 20.8 Å². The third kappa shape index (κ3) is 2.55. The molecule has 106 valence electrons. The summed E-state index contributed by atoms with van der Waals surface area (Å²) in [6.45, 7) is 6.12. The van der Waals surface area contributed by atoms with E-state index in [-0.39, 0.29) is 5.91 Å². The molecular weight excluding hydrogens is 260 g/mol. The number of carbonyl (C=O) groups excluding carboxylic acids is 1. The van der Waals surface area contributed by atoms with Gasteiger partial charge in [-0.3, -0.25) is 4.79 Å². The Morgan fingerprint density at radius 1 is 1.05 bits per heavy atom. The van der Waals surface area contributed by atoms with Crippen molar-refractivity contribution in [1.82, 2.24) is 4.98 Å². The molecule has 0 aliphatic heterocycles. The van der Waals surface area contributed by atoms with Crippen molar-refractivity contribution in [1.29, 1.82) is 0 Å². The molecule has 2 N–H and O–H groups in total. The fourth-order valence-electron chi connectivity index (χ4n) is 2.53. The number of fused-ring (bicyclic) bond motifs is 1. The van der Waals surface area contributed by atoms with E-state index < -0.39 is 0 Å². The van der Waals surface area contributed by atoms with Gasteiger partial charge in [-0.05, 0) is 62.2 Å². The summed E-state index contributed by atoms with van der Waals surface area (Å²) in [4.78, 5) is 15.7. The highest BCUT2D eigenvalue weighted by Crippen LogP contribution is 2.23. The van der Waals surface area contributed by atoms with E-state index in [9.17, 15) is 4.79 Å². The van der Waals surface area contributed by atoms with Crippen LogP contribution in [-0.2, 0) is 0 Å². The van der Waals surface area contributed by atoms with E-state index in [1.807, 2.05) is 56.3 Å². The van der Waals surface area contributed by atoms with Crippen molar-refractivity contribution in [2.45, 2.75) is 20.8 Å². The van der Waals surface area contributed by atoms with E-state index in [1.165, 1.54) is 5.56 Å². The lowest BCUT2D eigenvalue weighted by Crippen LogP contribution is -2.11. The van der Waals surface area contributed by atoms with Crippen molar-refractivity contribution in [3.05, 3.63) is 64.8 Å². The molecule has 1 aromatic heterocycles. The first-order chi connectivity index (χ1) is 10.0. The van der Waals surface area contributed by atoms with Crippen molar-refractivity contribution >= 4 is 22.5 Å². The number of nitrogens with one attached hydrogen (secondary N) is 2. The molecule has 3 rings (SSSR count). The van der Waals surface area contributed by atoms with Gasteiger partial charge in [0.2, 0.25) is 0 Å². The number of H-pyrrole nitrogens is 1. The Morgan fingerprint density at radius 3 is 2.62 bits per heavy atom. The van der Waals surface area contributed by atoms with E-state index in [4.69, 9.17) is 0 Å². The van der Waals surface area contributed by atoms with Crippen molar-refractivity contribution in [2.24, 2.45) is 0 Å². The topological polar surface area (TPSA) is 44.9 Å². The molecule has 0 aliphatic carbocycles. The first kappa shape index (κ1) is 13.4. The largest absolute Gasteiger partial charge is 0.358 e. The van der Waals surface area contributed by atoms with Gasteiger partial charge in [-0.1, -0.05) is 12.1 Å². The molecule has 3 heteroatoms. The van der Waals surface area contributed by atoms with Crippen LogP contribution in [0.2, 0.25) is 0 Å². The standard InChI is InChI=1S/C18H18N2O/c1-11-5-4-6-15(9-11)20-18(21)14-7-8-17-16(10-14)12(2)13(3)19-17/h4-10,19H,1-3H3,(H,20,21). The summed E-state index contributed by atoms with van der Waals surface area (Å²) in [5.41, 5.74) is 6.02.